The Morgan fingerprint density at radius 2 is 1.16 bits per heavy atom. The summed E-state index contributed by atoms with van der Waals surface area (Å²) in [7, 11) is 0. The Morgan fingerprint density at radius 3 is 1.74 bits per heavy atom. The molecule has 19 heavy (non-hydrogen) atoms. The molecule has 0 atom stereocenters. The molecule has 0 bridgehead atoms. The Kier molecular flexibility index (Phi) is 2.21. The molecule has 0 spiro atoms. The molecule has 0 N–H and O–H groups in total. The third kappa shape index (κ3) is 1.50. The van der Waals surface area contributed by atoms with Crippen molar-refractivity contribution in [2.45, 2.75) is 0 Å². The first-order valence-corrected chi connectivity index (χ1v) is 6.28. The second-order valence-corrected chi connectivity index (χ2v) is 4.54. The van der Waals surface area contributed by atoms with E-state index in [4.69, 9.17) is 0 Å². The van der Waals surface area contributed by atoms with Crippen molar-refractivity contribution in [2.75, 3.05) is 0 Å². The number of rotatable bonds is 1. The molecule has 0 amide bonds. The number of pyridine rings is 2. The molecule has 2 nitrogen and oxygen atoms in total. The van der Waals surface area contributed by atoms with E-state index in [0.29, 0.717) is 0 Å². The molecule has 1 aromatic carbocycles. The van der Waals surface area contributed by atoms with Gasteiger partial charge in [-0.15, -0.1) is 0 Å². The minimum Gasteiger partial charge on any atom is -0.259 e. The second kappa shape index (κ2) is 4.02. The number of hydrogen-bond donors (Lipinski definition) is 0. The van der Waals surface area contributed by atoms with Gasteiger partial charge in [-0.1, -0.05) is 42.5 Å². The molecule has 89 valence electrons. The topological polar surface area (TPSA) is 25.8 Å². The summed E-state index contributed by atoms with van der Waals surface area (Å²) in [6, 6.07) is 18.5. The predicted molar refractivity (Wildman–Crippen MR) is 74.5 cm³/mol. The molecule has 1 aliphatic carbocycles. The molecule has 0 fully saturated rings. The van der Waals surface area contributed by atoms with E-state index in [1.807, 2.05) is 42.7 Å². The van der Waals surface area contributed by atoms with E-state index in [1.165, 1.54) is 16.7 Å². The normalized spacial score (nSPS) is 13.1. The Labute approximate surface area is 111 Å². The zero-order valence-electron chi connectivity index (χ0n) is 10.2. The first-order chi connectivity index (χ1) is 9.45. The van der Waals surface area contributed by atoms with Gasteiger partial charge in [0.2, 0.25) is 0 Å². The lowest BCUT2D eigenvalue weighted by molar-refractivity contribution is 1.10. The fourth-order valence-electron chi connectivity index (χ4n) is 2.63. The molecule has 2 heterocycles. The molecule has 3 aromatic rings. The van der Waals surface area contributed by atoms with Gasteiger partial charge in [0, 0.05) is 23.5 Å². The van der Waals surface area contributed by atoms with Crippen molar-refractivity contribution >= 4 is 0 Å². The molecule has 0 saturated carbocycles. The van der Waals surface area contributed by atoms with Crippen LogP contribution in [-0.2, 0) is 0 Å². The smallest absolute Gasteiger partial charge is 0.102 e. The van der Waals surface area contributed by atoms with Crippen molar-refractivity contribution < 1.29 is 0 Å². The predicted octanol–water partition coefficient (Wildman–Crippen LogP) is 3.48. The zero-order valence-corrected chi connectivity index (χ0v) is 10.2. The first-order valence-electron chi connectivity index (χ1n) is 6.28. The van der Waals surface area contributed by atoms with E-state index in [2.05, 4.69) is 34.2 Å². The Balaban J connectivity index is 2.02. The minimum atomic E-state index is 1.03. The third-order valence-electron chi connectivity index (χ3n) is 3.44. The highest BCUT2D eigenvalue weighted by molar-refractivity contribution is 5.83. The van der Waals surface area contributed by atoms with Gasteiger partial charge in [-0.05, 0) is 17.7 Å². The fraction of sp³-hybridized carbons (Fsp3) is 0. The lowest BCUT2D eigenvalue weighted by Gasteiger charge is -2.10. The summed E-state index contributed by atoms with van der Waals surface area (Å²) in [5.41, 5.74) is 5.57. The van der Waals surface area contributed by atoms with Crippen LogP contribution in [0.15, 0.2) is 67.0 Å². The lowest BCUT2D eigenvalue weighted by Crippen LogP contribution is -2.03. The Morgan fingerprint density at radius 1 is 0.579 bits per heavy atom. The summed E-state index contributed by atoms with van der Waals surface area (Å²) in [6.45, 7) is 0. The molecule has 1 radical (unpaired) electrons. The van der Waals surface area contributed by atoms with Crippen LogP contribution in [0, 0.1) is 5.92 Å². The summed E-state index contributed by atoms with van der Waals surface area (Å²) in [6.07, 6.45) is 3.68. The Hall–Kier alpha value is -2.48. The zero-order chi connectivity index (χ0) is 12.7. The molecule has 1 aliphatic rings. The minimum absolute atomic E-state index is 1.03. The van der Waals surface area contributed by atoms with Gasteiger partial charge >= 0.3 is 0 Å². The van der Waals surface area contributed by atoms with Crippen LogP contribution in [-0.4, -0.2) is 9.97 Å². The van der Waals surface area contributed by atoms with E-state index in [9.17, 15) is 0 Å². The van der Waals surface area contributed by atoms with Gasteiger partial charge in [-0.3, -0.25) is 9.97 Å². The molecular formula is C17H11N2. The highest BCUT2D eigenvalue weighted by atomic mass is 14.8. The van der Waals surface area contributed by atoms with Crippen LogP contribution in [0.5, 0.6) is 0 Å². The maximum atomic E-state index is 4.55. The van der Waals surface area contributed by atoms with E-state index < -0.39 is 0 Å². The highest BCUT2D eigenvalue weighted by Crippen LogP contribution is 2.44. The van der Waals surface area contributed by atoms with Crippen molar-refractivity contribution in [3.8, 4) is 11.1 Å². The van der Waals surface area contributed by atoms with Crippen LogP contribution in [0.25, 0.3) is 11.1 Å². The van der Waals surface area contributed by atoms with Crippen LogP contribution in [0.2, 0.25) is 0 Å². The number of aromatic nitrogens is 2. The van der Waals surface area contributed by atoms with Gasteiger partial charge in [0.05, 0.1) is 11.4 Å². The van der Waals surface area contributed by atoms with Crippen LogP contribution >= 0.6 is 0 Å². The maximum absolute atomic E-state index is 4.55. The van der Waals surface area contributed by atoms with Gasteiger partial charge < -0.3 is 0 Å². The van der Waals surface area contributed by atoms with Gasteiger partial charge in [0.1, 0.15) is 5.92 Å². The largest absolute Gasteiger partial charge is 0.259 e. The molecule has 4 rings (SSSR count). The van der Waals surface area contributed by atoms with Crippen LogP contribution < -0.4 is 0 Å². The van der Waals surface area contributed by atoms with E-state index >= 15 is 0 Å². The first kappa shape index (κ1) is 10.4. The molecule has 0 unspecified atom stereocenters. The summed E-state index contributed by atoms with van der Waals surface area (Å²) < 4.78 is 0. The van der Waals surface area contributed by atoms with Crippen molar-refractivity contribution in [3.05, 3.63) is 89.9 Å². The fourth-order valence-corrected chi connectivity index (χ4v) is 2.63. The molecule has 0 saturated heterocycles. The van der Waals surface area contributed by atoms with Gasteiger partial charge in [-0.2, -0.15) is 0 Å². The SMILES string of the molecule is c1ccc([C]2c3ncccc3-c3cccnc32)cc1. The quantitative estimate of drug-likeness (QED) is 0.511. The summed E-state index contributed by atoms with van der Waals surface area (Å²) in [5.74, 6) is 1.13. The second-order valence-electron chi connectivity index (χ2n) is 4.54. The average molecular weight is 243 g/mol. The molecular weight excluding hydrogens is 232 g/mol. The van der Waals surface area contributed by atoms with Gasteiger partial charge in [-0.25, -0.2) is 0 Å². The average Bonchev–Trinajstić information content (AvgIpc) is 2.83. The maximum Gasteiger partial charge on any atom is 0.102 e. The monoisotopic (exact) mass is 243 g/mol. The number of fused-ring (bicyclic) bond motifs is 3. The highest BCUT2D eigenvalue weighted by Gasteiger charge is 2.32. The number of nitrogens with zero attached hydrogens (tertiary/aromatic N) is 2. The van der Waals surface area contributed by atoms with Crippen LogP contribution in [0.1, 0.15) is 17.0 Å². The van der Waals surface area contributed by atoms with E-state index in [1.54, 1.807) is 0 Å². The van der Waals surface area contributed by atoms with Crippen molar-refractivity contribution in [3.63, 3.8) is 0 Å². The summed E-state index contributed by atoms with van der Waals surface area (Å²) >= 11 is 0. The van der Waals surface area contributed by atoms with Gasteiger partial charge in [0.25, 0.3) is 0 Å². The third-order valence-corrected chi connectivity index (χ3v) is 3.44. The van der Waals surface area contributed by atoms with Crippen LogP contribution in [0.4, 0.5) is 0 Å². The van der Waals surface area contributed by atoms with Crippen molar-refractivity contribution in [1.29, 1.82) is 0 Å². The summed E-state index contributed by atoms with van der Waals surface area (Å²) in [4.78, 5) is 9.11. The lowest BCUT2D eigenvalue weighted by atomic mass is 9.95. The molecule has 2 aromatic heterocycles. The standard InChI is InChI=1S/C17H11N2/c1-2-6-12(7-3-1)15-16-13(8-4-10-18-16)14-9-5-11-19-17(14)15/h1-11H. The van der Waals surface area contributed by atoms with Crippen molar-refractivity contribution in [1.82, 2.24) is 9.97 Å². The number of benzene rings is 1. The summed E-state index contributed by atoms with van der Waals surface area (Å²) in [5, 5.41) is 0. The molecule has 2 heteroatoms. The van der Waals surface area contributed by atoms with Crippen LogP contribution in [0.3, 0.4) is 0 Å². The van der Waals surface area contributed by atoms with E-state index in [-0.39, 0.29) is 0 Å². The Bertz CT molecular complexity index is 690. The van der Waals surface area contributed by atoms with Crippen molar-refractivity contribution in [2.24, 2.45) is 0 Å². The van der Waals surface area contributed by atoms with Gasteiger partial charge in [0.15, 0.2) is 0 Å². The number of hydrogen-bond acceptors (Lipinski definition) is 2. The van der Waals surface area contributed by atoms with E-state index in [0.717, 1.165) is 17.3 Å². The molecule has 0 aliphatic heterocycles.